The summed E-state index contributed by atoms with van der Waals surface area (Å²) in [5, 5.41) is 0. The third-order valence-corrected chi connectivity index (χ3v) is 2.48. The van der Waals surface area contributed by atoms with Gasteiger partial charge in [-0.3, -0.25) is 0 Å². The first-order valence-corrected chi connectivity index (χ1v) is 4.18. The molecule has 0 N–H and O–H groups in total. The molecule has 0 saturated carbocycles. The molecule has 2 nitrogen and oxygen atoms in total. The first-order valence-electron chi connectivity index (χ1n) is 4.18. The summed E-state index contributed by atoms with van der Waals surface area (Å²) in [7, 11) is 3.22. The van der Waals surface area contributed by atoms with Crippen LogP contribution in [-0.4, -0.2) is 44.2 Å². The van der Waals surface area contributed by atoms with Crippen molar-refractivity contribution in [3.8, 4) is 0 Å². The highest BCUT2D eigenvalue weighted by Gasteiger charge is 2.35. The topological polar surface area (TPSA) is 12.5 Å². The lowest BCUT2D eigenvalue weighted by Gasteiger charge is -2.26. The second-order valence-electron chi connectivity index (χ2n) is 3.22. The second-order valence-corrected chi connectivity index (χ2v) is 3.22. The normalized spacial score (nSPS) is 28.2. The zero-order valence-corrected chi connectivity index (χ0v) is 7.46. The van der Waals surface area contributed by atoms with E-state index in [1.807, 2.05) is 11.9 Å². The quantitative estimate of drug-likeness (QED) is 0.648. The van der Waals surface area contributed by atoms with Gasteiger partial charge in [0.1, 0.15) is 6.10 Å². The lowest BCUT2D eigenvalue weighted by Crippen LogP contribution is -2.41. The Bertz CT molecular complexity index is 143. The van der Waals surface area contributed by atoms with E-state index in [1.54, 1.807) is 0 Å². The van der Waals surface area contributed by atoms with Gasteiger partial charge in [0, 0.05) is 13.2 Å². The van der Waals surface area contributed by atoms with Crippen LogP contribution in [-0.2, 0) is 4.74 Å². The maximum absolute atomic E-state index is 12.4. The molecule has 0 aromatic rings. The minimum atomic E-state index is -2.37. The summed E-state index contributed by atoms with van der Waals surface area (Å²) < 4.78 is 29.5. The van der Waals surface area contributed by atoms with Crippen molar-refractivity contribution >= 4 is 0 Å². The van der Waals surface area contributed by atoms with Gasteiger partial charge in [-0.15, -0.1) is 0 Å². The van der Waals surface area contributed by atoms with Gasteiger partial charge in [-0.25, -0.2) is 8.78 Å². The van der Waals surface area contributed by atoms with Gasteiger partial charge in [-0.05, 0) is 26.4 Å². The minimum absolute atomic E-state index is 0.102. The molecule has 1 aliphatic heterocycles. The number of alkyl halides is 2. The Labute approximate surface area is 71.5 Å². The molecule has 0 radical (unpaired) electrons. The number of nitrogens with zero attached hydrogens (tertiary/aromatic N) is 1. The molecule has 0 bridgehead atoms. The fourth-order valence-corrected chi connectivity index (χ4v) is 1.78. The predicted octanol–water partition coefficient (Wildman–Crippen LogP) is 1.36. The van der Waals surface area contributed by atoms with E-state index < -0.39 is 12.5 Å². The van der Waals surface area contributed by atoms with E-state index >= 15 is 0 Å². The first kappa shape index (κ1) is 9.86. The van der Waals surface area contributed by atoms with Gasteiger partial charge in [0.15, 0.2) is 0 Å². The van der Waals surface area contributed by atoms with E-state index in [0.717, 1.165) is 19.4 Å². The molecule has 1 heterocycles. The molecule has 1 aliphatic rings. The standard InChI is InChI=1S/C8H15F2NO/c1-11-5-3-4-6(11)7(12-2)8(9)10/h6-8H,3-5H2,1-2H3/t6?,7-/m1/s1. The van der Waals surface area contributed by atoms with E-state index in [-0.39, 0.29) is 6.04 Å². The number of hydrogen-bond acceptors (Lipinski definition) is 2. The summed E-state index contributed by atoms with van der Waals surface area (Å²) in [5.41, 5.74) is 0. The molecule has 72 valence electrons. The number of methoxy groups -OCH3 is 1. The lowest BCUT2D eigenvalue weighted by molar-refractivity contribution is -0.0671. The predicted molar refractivity (Wildman–Crippen MR) is 42.5 cm³/mol. The lowest BCUT2D eigenvalue weighted by atomic mass is 10.1. The van der Waals surface area contributed by atoms with E-state index in [4.69, 9.17) is 4.74 Å². The van der Waals surface area contributed by atoms with Gasteiger partial charge in [0.25, 0.3) is 6.43 Å². The zero-order chi connectivity index (χ0) is 9.14. The van der Waals surface area contributed by atoms with Crippen LogP contribution in [0.5, 0.6) is 0 Å². The van der Waals surface area contributed by atoms with Gasteiger partial charge in [-0.2, -0.15) is 0 Å². The van der Waals surface area contributed by atoms with Crippen molar-refractivity contribution in [3.05, 3.63) is 0 Å². The van der Waals surface area contributed by atoms with Gasteiger partial charge in [-0.1, -0.05) is 0 Å². The Morgan fingerprint density at radius 2 is 2.17 bits per heavy atom. The average Bonchev–Trinajstić information content (AvgIpc) is 2.38. The summed E-state index contributed by atoms with van der Waals surface area (Å²) in [6.45, 7) is 0.900. The Morgan fingerprint density at radius 1 is 1.50 bits per heavy atom. The first-order chi connectivity index (χ1) is 5.66. The molecule has 4 heteroatoms. The van der Waals surface area contributed by atoms with E-state index in [1.165, 1.54) is 7.11 Å². The van der Waals surface area contributed by atoms with Crippen LogP contribution in [0.1, 0.15) is 12.8 Å². The minimum Gasteiger partial charge on any atom is -0.374 e. The SMILES string of the molecule is CO[C@@H](C(F)F)C1CCCN1C. The smallest absolute Gasteiger partial charge is 0.265 e. The van der Waals surface area contributed by atoms with Crippen LogP contribution in [0.3, 0.4) is 0 Å². The number of likely N-dealkylation sites (tertiary alicyclic amines) is 1. The molecular weight excluding hydrogens is 164 g/mol. The van der Waals surface area contributed by atoms with Gasteiger partial charge < -0.3 is 9.64 Å². The van der Waals surface area contributed by atoms with E-state index in [9.17, 15) is 8.78 Å². The van der Waals surface area contributed by atoms with Crippen LogP contribution >= 0.6 is 0 Å². The molecule has 1 fully saturated rings. The molecule has 2 atom stereocenters. The van der Waals surface area contributed by atoms with Crippen molar-refractivity contribution in [1.29, 1.82) is 0 Å². The molecular formula is C8H15F2NO. The van der Waals surface area contributed by atoms with Crippen molar-refractivity contribution < 1.29 is 13.5 Å². The molecule has 0 aromatic carbocycles. The second kappa shape index (κ2) is 4.14. The molecule has 1 saturated heterocycles. The Hall–Kier alpha value is -0.220. The van der Waals surface area contributed by atoms with Gasteiger partial charge in [0.2, 0.25) is 0 Å². The van der Waals surface area contributed by atoms with Crippen LogP contribution < -0.4 is 0 Å². The van der Waals surface area contributed by atoms with Crippen LogP contribution in [0.15, 0.2) is 0 Å². The fraction of sp³-hybridized carbons (Fsp3) is 1.00. The van der Waals surface area contributed by atoms with Crippen LogP contribution in [0.2, 0.25) is 0 Å². The molecule has 1 rings (SSSR count). The Balaban J connectivity index is 2.52. The van der Waals surface area contributed by atoms with Crippen LogP contribution in [0.25, 0.3) is 0 Å². The van der Waals surface area contributed by atoms with Crippen molar-refractivity contribution in [1.82, 2.24) is 4.90 Å². The number of ether oxygens (including phenoxy) is 1. The molecule has 1 unspecified atom stereocenters. The highest BCUT2D eigenvalue weighted by molar-refractivity contribution is 4.85. The third kappa shape index (κ3) is 1.93. The largest absolute Gasteiger partial charge is 0.374 e. The van der Waals surface area contributed by atoms with Crippen molar-refractivity contribution in [2.75, 3.05) is 20.7 Å². The summed E-state index contributed by atoms with van der Waals surface area (Å²) in [4.78, 5) is 1.94. The van der Waals surface area contributed by atoms with Crippen molar-refractivity contribution in [2.24, 2.45) is 0 Å². The zero-order valence-electron chi connectivity index (χ0n) is 7.46. The molecule has 0 amide bonds. The summed E-state index contributed by atoms with van der Waals surface area (Å²) in [5.74, 6) is 0. The summed E-state index contributed by atoms with van der Waals surface area (Å²) >= 11 is 0. The number of hydrogen-bond donors (Lipinski definition) is 0. The van der Waals surface area contributed by atoms with Crippen LogP contribution in [0.4, 0.5) is 8.78 Å². The van der Waals surface area contributed by atoms with Crippen molar-refractivity contribution in [3.63, 3.8) is 0 Å². The summed E-state index contributed by atoms with van der Waals surface area (Å²) in [6.07, 6.45) is -1.48. The Kier molecular flexibility index (Phi) is 3.40. The van der Waals surface area contributed by atoms with Crippen molar-refractivity contribution in [2.45, 2.75) is 31.4 Å². The summed E-state index contributed by atoms with van der Waals surface area (Å²) in [6, 6.07) is -0.102. The monoisotopic (exact) mass is 179 g/mol. The maximum Gasteiger partial charge on any atom is 0.265 e. The fourth-order valence-electron chi connectivity index (χ4n) is 1.78. The number of likely N-dealkylation sites (N-methyl/N-ethyl adjacent to an activating group) is 1. The number of rotatable bonds is 3. The number of halogens is 2. The molecule has 0 spiro atoms. The Morgan fingerprint density at radius 3 is 2.50 bits per heavy atom. The van der Waals surface area contributed by atoms with E-state index in [2.05, 4.69) is 0 Å². The average molecular weight is 179 g/mol. The van der Waals surface area contributed by atoms with Gasteiger partial charge in [0.05, 0.1) is 0 Å². The third-order valence-electron chi connectivity index (χ3n) is 2.48. The highest BCUT2D eigenvalue weighted by atomic mass is 19.3. The van der Waals surface area contributed by atoms with Gasteiger partial charge >= 0.3 is 0 Å². The maximum atomic E-state index is 12.4. The molecule has 12 heavy (non-hydrogen) atoms. The molecule has 0 aliphatic carbocycles. The van der Waals surface area contributed by atoms with Crippen LogP contribution in [0, 0.1) is 0 Å². The highest BCUT2D eigenvalue weighted by Crippen LogP contribution is 2.23. The van der Waals surface area contributed by atoms with E-state index in [0.29, 0.717) is 0 Å². The molecule has 0 aromatic heterocycles.